The van der Waals surface area contributed by atoms with Crippen molar-refractivity contribution in [2.45, 2.75) is 157 Å². The first kappa shape index (κ1) is 37.5. The normalized spacial score (nSPS) is 14.6. The first-order valence-corrected chi connectivity index (χ1v) is 16.6. The highest BCUT2D eigenvalue weighted by Crippen LogP contribution is 2.45. The van der Waals surface area contributed by atoms with E-state index in [0.29, 0.717) is 11.5 Å². The predicted octanol–water partition coefficient (Wildman–Crippen LogP) is 10.9. The van der Waals surface area contributed by atoms with Gasteiger partial charge in [0, 0.05) is 33.6 Å². The number of nitrogens with zero attached hydrogens (tertiary/aromatic N) is 1. The van der Waals surface area contributed by atoms with E-state index in [4.69, 9.17) is 5.73 Å². The molecular formula is C40H64N2O2. The molecule has 0 aliphatic carbocycles. The van der Waals surface area contributed by atoms with Crippen LogP contribution in [0.1, 0.15) is 163 Å². The van der Waals surface area contributed by atoms with Crippen LogP contribution in [0.15, 0.2) is 36.4 Å². The third kappa shape index (κ3) is 8.50. The minimum atomic E-state index is -0.270. The lowest BCUT2D eigenvalue weighted by Gasteiger charge is -2.38. The van der Waals surface area contributed by atoms with Crippen molar-refractivity contribution in [3.8, 4) is 11.5 Å². The fraction of sp³-hybridized carbons (Fsp3) is 0.600. The summed E-state index contributed by atoms with van der Waals surface area (Å²) in [4.78, 5) is 2.30. The van der Waals surface area contributed by atoms with Crippen molar-refractivity contribution in [2.24, 2.45) is 5.73 Å². The van der Waals surface area contributed by atoms with Crippen molar-refractivity contribution < 1.29 is 10.2 Å². The number of benzene rings is 2. The quantitative estimate of drug-likeness (QED) is 0.197. The van der Waals surface area contributed by atoms with E-state index in [2.05, 4.69) is 145 Å². The van der Waals surface area contributed by atoms with Gasteiger partial charge in [0.25, 0.3) is 0 Å². The van der Waals surface area contributed by atoms with Crippen molar-refractivity contribution in [3.05, 3.63) is 69.8 Å². The second kappa shape index (κ2) is 13.7. The molecule has 0 saturated carbocycles. The highest BCUT2D eigenvalue weighted by molar-refractivity contribution is 5.79. The maximum atomic E-state index is 11.5. The lowest BCUT2D eigenvalue weighted by atomic mass is 9.77. The molecule has 0 aromatic heterocycles. The smallest absolute Gasteiger partial charge is 0.123 e. The summed E-state index contributed by atoms with van der Waals surface area (Å²) in [6.07, 6.45) is 8.18. The molecular weight excluding hydrogens is 540 g/mol. The van der Waals surface area contributed by atoms with Crippen LogP contribution in [0.2, 0.25) is 0 Å². The first-order valence-electron chi connectivity index (χ1n) is 16.6. The Labute approximate surface area is 270 Å². The molecule has 4 nitrogen and oxygen atoms in total. The van der Waals surface area contributed by atoms with Gasteiger partial charge >= 0.3 is 0 Å². The Morgan fingerprint density at radius 1 is 0.636 bits per heavy atom. The van der Waals surface area contributed by atoms with E-state index >= 15 is 0 Å². The van der Waals surface area contributed by atoms with E-state index in [9.17, 15) is 10.2 Å². The largest absolute Gasteiger partial charge is 0.507 e. The van der Waals surface area contributed by atoms with Gasteiger partial charge in [-0.25, -0.2) is 0 Å². The molecule has 1 unspecified atom stereocenters. The zero-order valence-corrected chi connectivity index (χ0v) is 30.8. The summed E-state index contributed by atoms with van der Waals surface area (Å²) in [5.41, 5.74) is 14.0. The van der Waals surface area contributed by atoms with E-state index in [1.54, 1.807) is 0 Å². The highest BCUT2D eigenvalue weighted by atomic mass is 16.3. The molecule has 0 saturated heterocycles. The monoisotopic (exact) mass is 604 g/mol. The number of allylic oxidation sites excluding steroid dienone is 2. The SMILES string of the molecule is C/C=C(/c1cc(C(C)(C)C)c(O)c(C(C)(C)C)c1)N(/C(=C\C)c1cc(C(C)(C)C)c(O)c(C(C)(C)C)c1)C(N)CCCCC. The maximum Gasteiger partial charge on any atom is 0.123 e. The summed E-state index contributed by atoms with van der Waals surface area (Å²) in [6, 6.07) is 8.60. The van der Waals surface area contributed by atoms with Crippen molar-refractivity contribution >= 4 is 11.4 Å². The summed E-state index contributed by atoms with van der Waals surface area (Å²) >= 11 is 0. The van der Waals surface area contributed by atoms with Crippen molar-refractivity contribution in [3.63, 3.8) is 0 Å². The standard InChI is InChI=1S/C40H64N2O2/c1-16-19-20-21-34(41)42(32(17-2)26-22-28(37(4,5)6)35(43)29(23-26)38(7,8)9)33(18-3)27-24-30(39(10,11)12)36(44)31(25-27)40(13,14)15/h17-18,22-25,34,43-44H,16,19-21,41H2,1-15H3/b32-17-,33-18-. The van der Waals surface area contributed by atoms with Gasteiger partial charge < -0.3 is 20.8 Å². The number of rotatable bonds is 9. The maximum absolute atomic E-state index is 11.5. The summed E-state index contributed by atoms with van der Waals surface area (Å²) in [6.45, 7) is 32.2. The zero-order valence-electron chi connectivity index (χ0n) is 30.8. The van der Waals surface area contributed by atoms with Crippen LogP contribution in [0.5, 0.6) is 11.5 Å². The van der Waals surface area contributed by atoms with Gasteiger partial charge in [0.05, 0.1) is 6.17 Å². The summed E-state index contributed by atoms with van der Waals surface area (Å²) < 4.78 is 0. The topological polar surface area (TPSA) is 69.7 Å². The molecule has 246 valence electrons. The molecule has 0 fully saturated rings. The van der Waals surface area contributed by atoms with E-state index in [1.165, 1.54) is 0 Å². The Morgan fingerprint density at radius 3 is 1.16 bits per heavy atom. The molecule has 4 heteroatoms. The number of unbranched alkanes of at least 4 members (excludes halogenated alkanes) is 2. The molecule has 1 atom stereocenters. The molecule has 0 heterocycles. The Balaban J connectivity index is 3.01. The molecule has 0 aliphatic rings. The molecule has 0 radical (unpaired) electrons. The molecule has 0 aliphatic heterocycles. The Kier molecular flexibility index (Phi) is 11.7. The average molecular weight is 605 g/mol. The molecule has 0 bridgehead atoms. The fourth-order valence-electron chi connectivity index (χ4n) is 5.96. The van der Waals surface area contributed by atoms with Crippen LogP contribution in [0, 0.1) is 0 Å². The van der Waals surface area contributed by atoms with Crippen LogP contribution in [-0.4, -0.2) is 21.3 Å². The average Bonchev–Trinajstić information content (AvgIpc) is 2.87. The summed E-state index contributed by atoms with van der Waals surface area (Å²) in [5.74, 6) is 0.745. The summed E-state index contributed by atoms with van der Waals surface area (Å²) in [5, 5.41) is 23.0. The van der Waals surface area contributed by atoms with Gasteiger partial charge in [-0.3, -0.25) is 0 Å². The lowest BCUT2D eigenvalue weighted by molar-refractivity contribution is 0.371. The zero-order chi connectivity index (χ0) is 34.0. The van der Waals surface area contributed by atoms with Gasteiger partial charge in [0.1, 0.15) is 11.5 Å². The molecule has 2 rings (SSSR count). The van der Waals surface area contributed by atoms with Crippen LogP contribution in [0.3, 0.4) is 0 Å². The predicted molar refractivity (Wildman–Crippen MR) is 192 cm³/mol. The van der Waals surface area contributed by atoms with E-state index < -0.39 is 0 Å². The van der Waals surface area contributed by atoms with Crippen LogP contribution in [0.25, 0.3) is 11.4 Å². The third-order valence-corrected chi connectivity index (χ3v) is 8.54. The Bertz CT molecular complexity index is 1180. The highest BCUT2D eigenvalue weighted by Gasteiger charge is 2.32. The number of hydrogen-bond acceptors (Lipinski definition) is 4. The second-order valence-corrected chi connectivity index (χ2v) is 16.6. The van der Waals surface area contributed by atoms with Crippen molar-refractivity contribution in [1.29, 1.82) is 0 Å². The number of hydrogen-bond donors (Lipinski definition) is 3. The van der Waals surface area contributed by atoms with Crippen LogP contribution < -0.4 is 5.73 Å². The fourth-order valence-corrected chi connectivity index (χ4v) is 5.96. The second-order valence-electron chi connectivity index (χ2n) is 16.6. The summed E-state index contributed by atoms with van der Waals surface area (Å²) in [7, 11) is 0. The van der Waals surface area contributed by atoms with E-state index in [1.807, 2.05) is 0 Å². The number of phenols is 2. The van der Waals surface area contributed by atoms with E-state index in [-0.39, 0.29) is 27.8 Å². The van der Waals surface area contributed by atoms with E-state index in [0.717, 1.165) is 70.5 Å². The Hall–Kier alpha value is -2.72. The van der Waals surface area contributed by atoms with Crippen LogP contribution >= 0.6 is 0 Å². The Morgan fingerprint density at radius 2 is 0.932 bits per heavy atom. The number of aromatic hydroxyl groups is 2. The molecule has 4 N–H and O–H groups in total. The first-order chi connectivity index (χ1) is 20.0. The molecule has 2 aromatic carbocycles. The minimum Gasteiger partial charge on any atom is -0.507 e. The van der Waals surface area contributed by atoms with Crippen molar-refractivity contribution in [2.75, 3.05) is 0 Å². The third-order valence-electron chi connectivity index (χ3n) is 8.54. The number of nitrogens with two attached hydrogens (primary N) is 1. The molecule has 0 spiro atoms. The molecule has 44 heavy (non-hydrogen) atoms. The van der Waals surface area contributed by atoms with Gasteiger partial charge in [-0.05, 0) is 77.3 Å². The van der Waals surface area contributed by atoms with Gasteiger partial charge in [0.2, 0.25) is 0 Å². The van der Waals surface area contributed by atoms with Gasteiger partial charge in [-0.2, -0.15) is 0 Å². The molecule has 2 aromatic rings. The molecule has 0 amide bonds. The van der Waals surface area contributed by atoms with Crippen molar-refractivity contribution in [1.82, 2.24) is 4.90 Å². The number of phenolic OH excluding ortho intramolecular Hbond substituents is 2. The van der Waals surface area contributed by atoms with Gasteiger partial charge in [-0.1, -0.05) is 121 Å². The van der Waals surface area contributed by atoms with Gasteiger partial charge in [0.15, 0.2) is 0 Å². The van der Waals surface area contributed by atoms with Gasteiger partial charge in [-0.15, -0.1) is 0 Å². The lowest BCUT2D eigenvalue weighted by Crippen LogP contribution is -2.40. The van der Waals surface area contributed by atoms with Crippen LogP contribution in [-0.2, 0) is 21.7 Å². The minimum absolute atomic E-state index is 0.253. The van der Waals surface area contributed by atoms with Crippen LogP contribution in [0.4, 0.5) is 0 Å².